The predicted octanol–water partition coefficient (Wildman–Crippen LogP) is 4.28. The Morgan fingerprint density at radius 1 is 0.476 bits per heavy atom. The van der Waals surface area contributed by atoms with E-state index in [1.54, 1.807) is 44.2 Å². The first kappa shape index (κ1) is 93.0. The summed E-state index contributed by atoms with van der Waals surface area (Å²) >= 11 is 0. The maximum absolute atomic E-state index is 15.7. The number of aliphatic hydroxyl groups excluding tert-OH is 3. The number of imidazole rings is 3. The van der Waals surface area contributed by atoms with Crippen LogP contribution in [0.15, 0.2) is 124 Å². The van der Waals surface area contributed by atoms with Crippen LogP contribution in [0.1, 0.15) is 109 Å². The van der Waals surface area contributed by atoms with Crippen LogP contribution in [0.3, 0.4) is 0 Å². The summed E-state index contributed by atoms with van der Waals surface area (Å²) < 4.78 is 165. The number of aromatic amines is 3. The van der Waals surface area contributed by atoms with Gasteiger partial charge in [0.15, 0.2) is 81.4 Å². The number of nitrogens with zero attached hydrogens (tertiary/aromatic N) is 9. The summed E-state index contributed by atoms with van der Waals surface area (Å²) in [7, 11) is -14.8. The van der Waals surface area contributed by atoms with E-state index in [2.05, 4.69) is 70.8 Å². The molecule has 3 aliphatic rings. The van der Waals surface area contributed by atoms with E-state index in [1.807, 2.05) is 0 Å². The molecule has 9 heterocycles. The number of alkyl halides is 3. The van der Waals surface area contributed by atoms with Gasteiger partial charge in [-0.3, -0.25) is 71.0 Å². The van der Waals surface area contributed by atoms with Crippen molar-refractivity contribution in [1.29, 1.82) is 0 Å². The van der Waals surface area contributed by atoms with Crippen LogP contribution in [0.2, 0.25) is 0 Å². The minimum Gasteiger partial charge on any atom is -0.462 e. The molecule has 9 aromatic rings. The number of rotatable bonds is 37. The van der Waals surface area contributed by atoms with E-state index in [0.717, 1.165) is 32.7 Å². The van der Waals surface area contributed by atoms with Gasteiger partial charge < -0.3 is 89.0 Å². The molecule has 674 valence electrons. The van der Waals surface area contributed by atoms with Crippen molar-refractivity contribution in [3.8, 4) is 17.2 Å². The molecule has 0 radical (unpaired) electrons. The highest BCUT2D eigenvalue weighted by atomic mass is 31.2. The lowest BCUT2D eigenvalue weighted by Crippen LogP contribution is -2.53. The quantitative estimate of drug-likeness (QED) is 0.0112. The van der Waals surface area contributed by atoms with Gasteiger partial charge in [0.2, 0.25) is 17.8 Å². The summed E-state index contributed by atoms with van der Waals surface area (Å²) in [5.74, 6) is -4.68. The summed E-state index contributed by atoms with van der Waals surface area (Å²) in [5, 5.41) is 84.1. The standard InChI is InChI=1S/C73H94F3N18O27P3/c1-35(2)110-59(101)36(3)89-122(107,116-41-23-17-14-18-24-41)119-69(10,11)51-48(96)72(105,30-75)63(114-51)93-33-79-45-54(93)84-66(87-57(45)99)82-40(7)112-61(103)38(5)91-124(109,118-43-27-21-16-22-28-43)121-70(12,13)52-49(97)73(106,31-76)64(115-52)94-34-80-46-55(94)85-67(88-58(46)100)81-39(6)111-60(102)37(4)90-123(108,117-42-25-19-15-20-26-42)120-68(8,9)50-47(95)71(104,29-74)62(113-50)92-32-78-44-53(92)83-65(77)86-56(44)98/h14-28,32-40,47-52,62-64,95-97,104-106H,29-31H2,1-13H3,(H,89,107)(H,90,108)(H,91,109)(H3,77,83,86,98)(H2,81,85,88,100)(H2,82,84,87,99)/t36-,37-,38-,39?,40?,47?,48?,49?,50-,51-,52-,62+,63+,64+,71+,72+,73+,122?,123-,124+/m0/s1. The number of nitrogens with one attached hydrogen (secondary N) is 8. The first-order valence-corrected chi connectivity index (χ1v) is 42.9. The van der Waals surface area contributed by atoms with Crippen molar-refractivity contribution in [2.24, 2.45) is 0 Å². The molecule has 3 fully saturated rings. The molecule has 6 unspecified atom stereocenters. The van der Waals surface area contributed by atoms with Gasteiger partial charge in [0, 0.05) is 0 Å². The molecule has 3 aliphatic heterocycles. The minimum atomic E-state index is -5.08. The number of H-pyrrole nitrogens is 3. The van der Waals surface area contributed by atoms with Gasteiger partial charge in [0.05, 0.1) is 25.1 Å². The van der Waals surface area contributed by atoms with Crippen molar-refractivity contribution in [2.45, 2.75) is 216 Å². The fraction of sp³-hybridized carbons (Fsp3) is 0.507. The fourth-order valence-electron chi connectivity index (χ4n) is 14.0. The number of para-hydroxylation sites is 3. The highest BCUT2D eigenvalue weighted by Crippen LogP contribution is 2.57. The van der Waals surface area contributed by atoms with Crippen molar-refractivity contribution < 1.29 is 127 Å². The zero-order valence-corrected chi connectivity index (χ0v) is 71.2. The maximum Gasteiger partial charge on any atom is 0.460 e. The molecule has 20 atom stereocenters. The first-order valence-electron chi connectivity index (χ1n) is 38.3. The summed E-state index contributed by atoms with van der Waals surface area (Å²) in [5.41, 5.74) is -14.1. The number of fused-ring (bicyclic) bond motifs is 3. The second-order valence-electron chi connectivity index (χ2n) is 31.5. The van der Waals surface area contributed by atoms with Crippen LogP contribution in [0.5, 0.6) is 17.2 Å². The van der Waals surface area contributed by atoms with E-state index in [9.17, 15) is 64.0 Å². The normalized spacial score (nSPS) is 25.8. The van der Waals surface area contributed by atoms with E-state index >= 15 is 22.3 Å². The van der Waals surface area contributed by atoms with Gasteiger partial charge in [-0.2, -0.15) is 30.2 Å². The molecule has 0 bridgehead atoms. The molecule has 124 heavy (non-hydrogen) atoms. The number of ether oxygens (including phenoxy) is 6. The lowest BCUT2D eigenvalue weighted by atomic mass is 9.88. The number of benzene rings is 3. The molecular formula is C73H94F3N18O27P3. The monoisotopic (exact) mass is 1800 g/mol. The molecular weight excluding hydrogens is 1710 g/mol. The van der Waals surface area contributed by atoms with Gasteiger partial charge >= 0.3 is 41.1 Å². The molecule has 45 nitrogen and oxygen atoms in total. The largest absolute Gasteiger partial charge is 0.462 e. The lowest BCUT2D eigenvalue weighted by Gasteiger charge is -2.36. The Bertz CT molecular complexity index is 5720. The third-order valence-corrected chi connectivity index (χ3v) is 25.6. The average Bonchev–Trinajstić information content (AvgIpc) is 1.58. The number of carbonyl (C=O) groups excluding carboxylic acids is 3. The van der Waals surface area contributed by atoms with Crippen LogP contribution in [0.25, 0.3) is 33.5 Å². The average molecular weight is 1810 g/mol. The van der Waals surface area contributed by atoms with Crippen molar-refractivity contribution >= 4 is 92.5 Å². The predicted molar refractivity (Wildman–Crippen MR) is 428 cm³/mol. The Labute approximate surface area is 701 Å². The Kier molecular flexibility index (Phi) is 26.7. The van der Waals surface area contributed by atoms with Gasteiger partial charge in [0.1, 0.15) is 109 Å². The lowest BCUT2D eigenvalue weighted by molar-refractivity contribution is -0.150. The molecule has 0 spiro atoms. The van der Waals surface area contributed by atoms with Crippen molar-refractivity contribution in [3.05, 3.63) is 141 Å². The van der Waals surface area contributed by atoms with Crippen LogP contribution >= 0.6 is 23.2 Å². The number of esters is 3. The number of anilines is 3. The second-order valence-corrected chi connectivity index (χ2v) is 36.3. The molecule has 0 amide bonds. The van der Waals surface area contributed by atoms with E-state index < -0.39 is 238 Å². The molecule has 0 saturated carbocycles. The van der Waals surface area contributed by atoms with E-state index in [4.69, 9.17) is 61.3 Å². The molecule has 3 aromatic carbocycles. The minimum absolute atomic E-state index is 0.0123. The second kappa shape index (κ2) is 35.7. The Hall–Kier alpha value is -10.2. The van der Waals surface area contributed by atoms with Crippen LogP contribution in [-0.2, 0) is 70.1 Å². The Balaban J connectivity index is 0.714. The number of hydrogen-bond acceptors (Lipinski definition) is 36. The van der Waals surface area contributed by atoms with E-state index in [1.165, 1.54) is 137 Å². The van der Waals surface area contributed by atoms with Gasteiger partial charge in [-0.05, 0) is 126 Å². The van der Waals surface area contributed by atoms with Gasteiger partial charge in [-0.25, -0.2) is 41.8 Å². The SMILES string of the molecule is CC(C)OC(=O)[C@H](C)NP(=O)(Oc1ccccc1)OC(C)(C)[C@H]1O[C@@H](n2cnc3c(=O)[nH]c(NC(C)OC(=O)[C@H](C)N[P@@](=O)(Oc4ccccc4)OC(C)(C)[C@H]4O[C@@H](n5cnc6c(=O)[nH]c(NC(C)OC(=O)[C@H](C)N[P@](=O)(Oc7ccccc7)OC(C)(C)[C@H]7O[C@@H](n8cnc9c(=O)[nH]c(N)nc98)[C@@](O)(CF)C7O)nc65)[C@@](O)(CF)C4O)nc32)[C@@](O)(CF)C1O. The number of nitrogens with two attached hydrogens (primary N) is 1. The Morgan fingerprint density at radius 2 is 0.750 bits per heavy atom. The van der Waals surface area contributed by atoms with Crippen LogP contribution in [0, 0.1) is 0 Å². The number of aliphatic hydroxyl groups is 6. The molecule has 51 heteroatoms. The Morgan fingerprint density at radius 3 is 1.03 bits per heavy atom. The summed E-state index contributed by atoms with van der Waals surface area (Å²) in [6.07, 6.45) is -18.8. The maximum atomic E-state index is 15.7. The highest BCUT2D eigenvalue weighted by molar-refractivity contribution is 7.52. The number of carbonyl (C=O) groups is 3. The van der Waals surface area contributed by atoms with Crippen LogP contribution < -0.4 is 61.9 Å². The molecule has 16 N–H and O–H groups in total. The van der Waals surface area contributed by atoms with Crippen molar-refractivity contribution in [3.63, 3.8) is 0 Å². The van der Waals surface area contributed by atoms with Crippen LogP contribution in [0.4, 0.5) is 31.0 Å². The zero-order valence-electron chi connectivity index (χ0n) is 68.5. The topological polar surface area (TPSA) is 611 Å². The van der Waals surface area contributed by atoms with E-state index in [-0.39, 0.29) is 34.4 Å². The smallest absolute Gasteiger partial charge is 0.460 e. The third kappa shape index (κ3) is 19.1. The highest BCUT2D eigenvalue weighted by Gasteiger charge is 2.66. The van der Waals surface area contributed by atoms with Crippen molar-refractivity contribution in [2.75, 3.05) is 36.4 Å². The molecule has 0 aliphatic carbocycles. The number of hydrogen-bond donors (Lipinski definition) is 15. The van der Waals surface area contributed by atoms with Gasteiger partial charge in [-0.15, -0.1) is 0 Å². The fourth-order valence-corrected chi connectivity index (χ4v) is 19.5. The number of halogens is 3. The number of aromatic nitrogens is 12. The molecule has 3 saturated heterocycles. The summed E-state index contributed by atoms with van der Waals surface area (Å²) in [4.78, 5) is 113. The first-order chi connectivity index (χ1) is 58.1. The third-order valence-electron chi connectivity index (χ3n) is 20.0. The zero-order chi connectivity index (χ0) is 90.5. The molecule has 12 rings (SSSR count). The van der Waals surface area contributed by atoms with E-state index in [0.29, 0.717) is 0 Å². The molecule has 6 aromatic heterocycles. The summed E-state index contributed by atoms with van der Waals surface area (Å²) in [6, 6.07) is 17.7. The van der Waals surface area contributed by atoms with Gasteiger partial charge in [0.25, 0.3) is 16.7 Å². The van der Waals surface area contributed by atoms with Gasteiger partial charge in [-0.1, -0.05) is 54.6 Å². The van der Waals surface area contributed by atoms with Crippen LogP contribution in [-0.4, -0.2) is 234 Å². The number of nitrogen functional groups attached to an aromatic ring is 1. The summed E-state index contributed by atoms with van der Waals surface area (Å²) in [6.45, 7) is 11.7. The van der Waals surface area contributed by atoms with Crippen molar-refractivity contribution in [1.82, 2.24) is 73.8 Å².